The van der Waals surface area contributed by atoms with Gasteiger partial charge in [0.1, 0.15) is 0 Å². The number of nitrogens with zero attached hydrogens (tertiary/aromatic N) is 4. The highest BCUT2D eigenvalue weighted by molar-refractivity contribution is 7.90. The first-order valence-electron chi connectivity index (χ1n) is 9.92. The Labute approximate surface area is 183 Å². The van der Waals surface area contributed by atoms with Gasteiger partial charge in [-0.1, -0.05) is 19.9 Å². The molecule has 4 rings (SSSR count). The maximum atomic E-state index is 13.4. The van der Waals surface area contributed by atoms with Crippen molar-refractivity contribution in [3.8, 4) is 5.88 Å². The minimum absolute atomic E-state index is 0.000794. The Morgan fingerprint density at radius 3 is 2.50 bits per heavy atom. The van der Waals surface area contributed by atoms with Crippen molar-refractivity contribution in [2.75, 3.05) is 24.8 Å². The average Bonchev–Trinajstić information content (AvgIpc) is 3.09. The Kier molecular flexibility index (Phi) is 5.35. The lowest BCUT2D eigenvalue weighted by molar-refractivity contribution is -0.141. The Morgan fingerprint density at radius 2 is 1.91 bits per heavy atom. The second-order valence-corrected chi connectivity index (χ2v) is 10.1. The van der Waals surface area contributed by atoms with Crippen molar-refractivity contribution in [1.29, 1.82) is 0 Å². The van der Waals surface area contributed by atoms with Crippen LogP contribution in [0.4, 0.5) is 19.1 Å². The predicted octanol–water partition coefficient (Wildman–Crippen LogP) is 3.88. The summed E-state index contributed by atoms with van der Waals surface area (Å²) < 4.78 is 71.1. The fourth-order valence-corrected chi connectivity index (χ4v) is 4.79. The number of hydrogen-bond donors (Lipinski definition) is 0. The Bertz CT molecular complexity index is 1290. The lowest BCUT2D eigenvalue weighted by Gasteiger charge is -2.39. The van der Waals surface area contributed by atoms with Gasteiger partial charge in [0, 0.05) is 35.9 Å². The van der Waals surface area contributed by atoms with Gasteiger partial charge in [0.05, 0.1) is 24.1 Å². The van der Waals surface area contributed by atoms with Crippen LogP contribution in [0.1, 0.15) is 31.3 Å². The fraction of sp³-hybridized carbons (Fsp3) is 0.429. The number of benzene rings is 1. The quantitative estimate of drug-likeness (QED) is 0.580. The molecule has 0 fully saturated rings. The zero-order valence-corrected chi connectivity index (χ0v) is 18.8. The summed E-state index contributed by atoms with van der Waals surface area (Å²) in [5, 5.41) is 0.857. The molecule has 2 aromatic heterocycles. The van der Waals surface area contributed by atoms with Crippen LogP contribution < -0.4 is 9.64 Å². The van der Waals surface area contributed by atoms with E-state index in [1.54, 1.807) is 23.1 Å². The van der Waals surface area contributed by atoms with Crippen LogP contribution in [0.15, 0.2) is 29.2 Å². The van der Waals surface area contributed by atoms with E-state index < -0.39 is 21.7 Å². The third-order valence-corrected chi connectivity index (χ3v) is 6.64. The first-order valence-corrected chi connectivity index (χ1v) is 11.8. The smallest absolute Gasteiger partial charge is 0.434 e. The van der Waals surface area contributed by atoms with E-state index in [0.29, 0.717) is 13.1 Å². The van der Waals surface area contributed by atoms with Crippen LogP contribution in [0.25, 0.3) is 10.9 Å². The number of fused-ring (bicyclic) bond motifs is 3. The molecule has 0 saturated carbocycles. The van der Waals surface area contributed by atoms with Crippen LogP contribution in [0.3, 0.4) is 0 Å². The van der Waals surface area contributed by atoms with Gasteiger partial charge in [-0.15, -0.1) is 0 Å². The molecule has 171 valence electrons. The average molecular weight is 467 g/mol. The normalized spacial score (nSPS) is 17.1. The second kappa shape index (κ2) is 7.65. The van der Waals surface area contributed by atoms with Crippen LogP contribution in [0.2, 0.25) is 0 Å². The number of alkyl halides is 3. The summed E-state index contributed by atoms with van der Waals surface area (Å²) in [6.07, 6.45) is -3.53. The van der Waals surface area contributed by atoms with Crippen molar-refractivity contribution < 1.29 is 26.3 Å². The van der Waals surface area contributed by atoms with Crippen LogP contribution >= 0.6 is 0 Å². The molecule has 0 amide bonds. The van der Waals surface area contributed by atoms with E-state index in [9.17, 15) is 21.6 Å². The summed E-state index contributed by atoms with van der Waals surface area (Å²) in [6.45, 7) is 4.70. The third-order valence-electron chi connectivity index (χ3n) is 5.53. The number of sulfone groups is 1. The molecular formula is C21H22F3N4O3S. The van der Waals surface area contributed by atoms with Gasteiger partial charge < -0.3 is 14.2 Å². The summed E-state index contributed by atoms with van der Waals surface area (Å²) in [6, 6.07) is 8.62. The molecule has 3 heterocycles. The molecule has 0 unspecified atom stereocenters. The molecule has 32 heavy (non-hydrogen) atoms. The summed E-state index contributed by atoms with van der Waals surface area (Å²) in [7, 11) is -2.14. The number of rotatable bonds is 4. The largest absolute Gasteiger partial charge is 0.480 e. The molecule has 0 N–H and O–H groups in total. The molecule has 3 aromatic rings. The van der Waals surface area contributed by atoms with Crippen molar-refractivity contribution >= 4 is 26.7 Å². The van der Waals surface area contributed by atoms with Crippen molar-refractivity contribution in [3.63, 3.8) is 0 Å². The highest BCUT2D eigenvalue weighted by Gasteiger charge is 2.38. The maximum Gasteiger partial charge on any atom is 0.434 e. The van der Waals surface area contributed by atoms with Crippen LogP contribution in [0.5, 0.6) is 5.88 Å². The zero-order chi connectivity index (χ0) is 23.4. The highest BCUT2D eigenvalue weighted by Crippen LogP contribution is 2.39. The van der Waals surface area contributed by atoms with E-state index in [1.807, 2.05) is 24.5 Å². The van der Waals surface area contributed by atoms with Gasteiger partial charge in [0.2, 0.25) is 11.8 Å². The number of halogens is 3. The van der Waals surface area contributed by atoms with E-state index in [4.69, 9.17) is 4.74 Å². The summed E-state index contributed by atoms with van der Waals surface area (Å²) in [4.78, 5) is 9.85. The maximum absolute atomic E-state index is 13.4. The van der Waals surface area contributed by atoms with E-state index >= 15 is 0 Å². The minimum Gasteiger partial charge on any atom is -0.480 e. The summed E-state index contributed by atoms with van der Waals surface area (Å²) in [5.74, 6) is -0.366. The van der Waals surface area contributed by atoms with Gasteiger partial charge in [0.25, 0.3) is 0 Å². The monoisotopic (exact) mass is 467 g/mol. The number of hydrogen-bond acceptors (Lipinski definition) is 6. The Hall–Kier alpha value is -2.82. The van der Waals surface area contributed by atoms with Crippen LogP contribution in [-0.2, 0) is 22.6 Å². The molecule has 1 aromatic carbocycles. The van der Waals surface area contributed by atoms with Crippen molar-refractivity contribution in [3.05, 3.63) is 41.7 Å². The standard InChI is InChI=1S/C21H22F3N4O3S/c1-12(2)19-16-9-13-5-6-14(32(4,29)30)10-15(13)27(16)7-8-28(19)20-25-17(21(22,23)24)11-18(26-20)31-3/h5-6,9-10,12,19H,7-8H2,1-4H3/t19-/m0/s1. The van der Waals surface area contributed by atoms with E-state index in [2.05, 4.69) is 16.0 Å². The topological polar surface area (TPSA) is 77.3 Å². The van der Waals surface area contributed by atoms with Gasteiger partial charge in [-0.2, -0.15) is 18.2 Å². The minimum atomic E-state index is -4.69. The lowest BCUT2D eigenvalue weighted by Crippen LogP contribution is -2.41. The van der Waals surface area contributed by atoms with Crippen molar-refractivity contribution in [1.82, 2.24) is 14.5 Å². The molecule has 0 spiro atoms. The zero-order valence-electron chi connectivity index (χ0n) is 17.9. The molecule has 1 aliphatic rings. The Morgan fingerprint density at radius 1 is 1.19 bits per heavy atom. The molecule has 0 aliphatic carbocycles. The predicted molar refractivity (Wildman–Crippen MR) is 112 cm³/mol. The number of anilines is 1. The molecule has 0 bridgehead atoms. The van der Waals surface area contributed by atoms with Gasteiger partial charge in [-0.25, -0.2) is 13.4 Å². The van der Waals surface area contributed by atoms with Gasteiger partial charge in [-0.05, 0) is 24.1 Å². The van der Waals surface area contributed by atoms with E-state index in [1.165, 1.54) is 7.11 Å². The molecule has 7 nitrogen and oxygen atoms in total. The summed E-state index contributed by atoms with van der Waals surface area (Å²) in [5.41, 5.74) is 0.436. The number of ether oxygens (including phenoxy) is 1. The van der Waals surface area contributed by atoms with Crippen LogP contribution in [0, 0.1) is 12.0 Å². The Balaban J connectivity index is 1.86. The van der Waals surface area contributed by atoms with Gasteiger partial charge in [-0.3, -0.25) is 0 Å². The van der Waals surface area contributed by atoms with Crippen molar-refractivity contribution in [2.24, 2.45) is 5.92 Å². The third kappa shape index (κ3) is 3.89. The molecule has 0 saturated heterocycles. The molecule has 11 heteroatoms. The van der Waals surface area contributed by atoms with Crippen LogP contribution in [-0.4, -0.2) is 42.9 Å². The lowest BCUT2D eigenvalue weighted by atomic mass is 9.97. The second-order valence-electron chi connectivity index (χ2n) is 8.10. The SMILES string of the molecule is COc1[c]c(C(F)(F)F)nc(N2CCn3c(cc4ccc(S(C)(=O)=O)cc43)[C@@H]2C(C)C)n1. The highest BCUT2D eigenvalue weighted by atomic mass is 32.2. The summed E-state index contributed by atoms with van der Waals surface area (Å²) >= 11 is 0. The van der Waals surface area contributed by atoms with Crippen molar-refractivity contribution in [2.45, 2.75) is 37.5 Å². The first-order chi connectivity index (χ1) is 14.9. The number of aromatic nitrogens is 3. The fourth-order valence-electron chi connectivity index (χ4n) is 4.15. The molecule has 1 aliphatic heterocycles. The molecule has 1 radical (unpaired) electrons. The van der Waals surface area contributed by atoms with Gasteiger partial charge >= 0.3 is 6.18 Å². The first kappa shape index (κ1) is 22.4. The molecular weight excluding hydrogens is 445 g/mol. The number of methoxy groups -OCH3 is 1. The van der Waals surface area contributed by atoms with E-state index in [-0.39, 0.29) is 28.7 Å². The van der Waals surface area contributed by atoms with Gasteiger partial charge in [0.15, 0.2) is 15.5 Å². The van der Waals surface area contributed by atoms with E-state index in [0.717, 1.165) is 22.9 Å². The molecule has 1 atom stereocenters.